The van der Waals surface area contributed by atoms with Crippen LogP contribution in [0, 0.1) is 0 Å². The second kappa shape index (κ2) is 8.18. The molecule has 0 saturated carbocycles. The number of aromatic nitrogens is 1. The molecule has 4 rings (SSSR count). The Morgan fingerprint density at radius 2 is 1.70 bits per heavy atom. The molecule has 0 atom stereocenters. The van der Waals surface area contributed by atoms with Crippen molar-refractivity contribution < 1.29 is 18.0 Å². The van der Waals surface area contributed by atoms with Gasteiger partial charge in [-0.3, -0.25) is 9.78 Å². The summed E-state index contributed by atoms with van der Waals surface area (Å²) in [6.07, 6.45) is 0.643. The van der Waals surface area contributed by atoms with E-state index in [0.717, 1.165) is 28.6 Å². The molecule has 4 nitrogen and oxygen atoms in total. The lowest BCUT2D eigenvalue weighted by molar-refractivity contribution is -0.137. The molecule has 1 aliphatic rings. The van der Waals surface area contributed by atoms with Crippen molar-refractivity contribution in [1.29, 1.82) is 0 Å². The number of carbonyl (C=O) groups is 1. The molecule has 30 heavy (non-hydrogen) atoms. The van der Waals surface area contributed by atoms with Gasteiger partial charge in [-0.2, -0.15) is 13.2 Å². The fraction of sp³-hybridized carbons (Fsp3) is 0.217. The minimum Gasteiger partial charge on any atom is -0.368 e. The summed E-state index contributed by atoms with van der Waals surface area (Å²) in [6, 6.07) is 14.9. The number of alkyl halides is 3. The topological polar surface area (TPSA) is 36.4 Å². The molecule has 0 spiro atoms. The van der Waals surface area contributed by atoms with Gasteiger partial charge in [-0.1, -0.05) is 30.3 Å². The largest absolute Gasteiger partial charge is 0.416 e. The third-order valence-corrected chi connectivity index (χ3v) is 5.20. The molecule has 1 amide bonds. The molecule has 0 aliphatic carbocycles. The fourth-order valence-electron chi connectivity index (χ4n) is 3.59. The zero-order valence-electron chi connectivity index (χ0n) is 16.1. The van der Waals surface area contributed by atoms with E-state index >= 15 is 0 Å². The van der Waals surface area contributed by atoms with E-state index < -0.39 is 11.7 Å². The van der Waals surface area contributed by atoms with E-state index in [1.807, 2.05) is 35.2 Å². The molecule has 1 saturated heterocycles. The van der Waals surface area contributed by atoms with Gasteiger partial charge in [0, 0.05) is 55.1 Å². The molecule has 1 aliphatic heterocycles. The maximum absolute atomic E-state index is 12.9. The van der Waals surface area contributed by atoms with Crippen molar-refractivity contribution in [2.75, 3.05) is 31.1 Å². The van der Waals surface area contributed by atoms with Crippen molar-refractivity contribution in [3.05, 3.63) is 78.0 Å². The predicted molar refractivity (Wildman–Crippen MR) is 111 cm³/mol. The van der Waals surface area contributed by atoms with Crippen molar-refractivity contribution >= 4 is 28.6 Å². The molecule has 7 heteroatoms. The zero-order chi connectivity index (χ0) is 21.1. The predicted octanol–water partition coefficient (Wildman–Crippen LogP) is 4.62. The second-order valence-corrected chi connectivity index (χ2v) is 7.12. The van der Waals surface area contributed by atoms with Gasteiger partial charge in [0.2, 0.25) is 5.91 Å². The molecule has 2 aromatic carbocycles. The van der Waals surface area contributed by atoms with Crippen LogP contribution in [0.3, 0.4) is 0 Å². The third-order valence-electron chi connectivity index (χ3n) is 5.20. The van der Waals surface area contributed by atoms with Crippen LogP contribution >= 0.6 is 0 Å². The van der Waals surface area contributed by atoms with E-state index in [0.29, 0.717) is 31.9 Å². The van der Waals surface area contributed by atoms with E-state index in [1.54, 1.807) is 23.2 Å². The van der Waals surface area contributed by atoms with Crippen molar-refractivity contribution in [3.63, 3.8) is 0 Å². The molecule has 3 aromatic rings. The second-order valence-electron chi connectivity index (χ2n) is 7.12. The Hall–Kier alpha value is -3.35. The molecule has 0 bridgehead atoms. The van der Waals surface area contributed by atoms with Gasteiger partial charge in [0.1, 0.15) is 0 Å². The van der Waals surface area contributed by atoms with Crippen molar-refractivity contribution in [2.24, 2.45) is 0 Å². The first kappa shape index (κ1) is 19.9. The molecule has 0 N–H and O–H groups in total. The van der Waals surface area contributed by atoms with Crippen LogP contribution in [0.25, 0.3) is 17.0 Å². The van der Waals surface area contributed by atoms with Crippen LogP contribution in [0.2, 0.25) is 0 Å². The highest BCUT2D eigenvalue weighted by Gasteiger charge is 2.31. The number of halogens is 3. The Labute approximate surface area is 172 Å². The number of benzene rings is 2. The molecule has 154 valence electrons. The molecular formula is C23H20F3N3O. The van der Waals surface area contributed by atoms with Gasteiger partial charge < -0.3 is 9.80 Å². The number of pyridine rings is 1. The first-order valence-electron chi connectivity index (χ1n) is 9.65. The summed E-state index contributed by atoms with van der Waals surface area (Å²) in [4.78, 5) is 20.5. The normalized spacial score (nSPS) is 15.2. The Morgan fingerprint density at radius 3 is 2.47 bits per heavy atom. The van der Waals surface area contributed by atoms with Crippen LogP contribution in [-0.2, 0) is 11.0 Å². The summed E-state index contributed by atoms with van der Waals surface area (Å²) in [6.45, 7) is 1.87. The first-order valence-corrected chi connectivity index (χ1v) is 9.65. The molecule has 0 radical (unpaired) electrons. The van der Waals surface area contributed by atoms with E-state index in [2.05, 4.69) is 4.98 Å². The number of para-hydroxylation sites is 1. The van der Waals surface area contributed by atoms with E-state index in [1.165, 1.54) is 12.1 Å². The van der Waals surface area contributed by atoms with Gasteiger partial charge in [-0.05, 0) is 30.3 Å². The smallest absolute Gasteiger partial charge is 0.368 e. The van der Waals surface area contributed by atoms with E-state index in [4.69, 9.17) is 0 Å². The van der Waals surface area contributed by atoms with Crippen molar-refractivity contribution in [3.8, 4) is 0 Å². The molecular weight excluding hydrogens is 391 g/mol. The molecule has 1 aromatic heterocycles. The Morgan fingerprint density at radius 1 is 0.967 bits per heavy atom. The highest BCUT2D eigenvalue weighted by Crippen LogP contribution is 2.31. The summed E-state index contributed by atoms with van der Waals surface area (Å²) in [7, 11) is 0. The number of anilines is 1. The average molecular weight is 411 g/mol. The van der Waals surface area contributed by atoms with Crippen LogP contribution in [0.5, 0.6) is 0 Å². The van der Waals surface area contributed by atoms with Crippen LogP contribution in [0.4, 0.5) is 18.9 Å². The Bertz CT molecular complexity index is 1080. The van der Waals surface area contributed by atoms with Crippen LogP contribution in [0.15, 0.2) is 66.9 Å². The Balaban J connectivity index is 1.41. The average Bonchev–Trinajstić information content (AvgIpc) is 2.77. The highest BCUT2D eigenvalue weighted by molar-refractivity contribution is 5.95. The van der Waals surface area contributed by atoms with Gasteiger partial charge in [0.05, 0.1) is 11.1 Å². The quantitative estimate of drug-likeness (QED) is 0.591. The number of hydrogen-bond acceptors (Lipinski definition) is 3. The van der Waals surface area contributed by atoms with Gasteiger partial charge in [0.15, 0.2) is 0 Å². The number of hydrogen-bond donors (Lipinski definition) is 0. The third kappa shape index (κ3) is 4.30. The SMILES string of the molecule is O=C(/C=C/c1cccc2cccnc12)N1CCN(c2cccc(C(F)(F)F)c2)CC1. The summed E-state index contributed by atoms with van der Waals surface area (Å²) in [5, 5.41) is 1.00. The number of rotatable bonds is 3. The zero-order valence-corrected chi connectivity index (χ0v) is 16.1. The van der Waals surface area contributed by atoms with Gasteiger partial charge in [-0.25, -0.2) is 0 Å². The molecule has 2 heterocycles. The number of amides is 1. The lowest BCUT2D eigenvalue weighted by Crippen LogP contribution is -2.48. The van der Waals surface area contributed by atoms with Crippen molar-refractivity contribution in [2.45, 2.75) is 6.18 Å². The summed E-state index contributed by atoms with van der Waals surface area (Å²) in [5.74, 6) is -0.119. The van der Waals surface area contributed by atoms with E-state index in [9.17, 15) is 18.0 Å². The molecule has 1 fully saturated rings. The number of fused-ring (bicyclic) bond motifs is 1. The van der Waals surface area contributed by atoms with Gasteiger partial charge in [-0.15, -0.1) is 0 Å². The van der Waals surface area contributed by atoms with Crippen LogP contribution in [0.1, 0.15) is 11.1 Å². The summed E-state index contributed by atoms with van der Waals surface area (Å²) >= 11 is 0. The first-order chi connectivity index (χ1) is 14.4. The maximum Gasteiger partial charge on any atom is 0.416 e. The lowest BCUT2D eigenvalue weighted by atomic mass is 10.1. The van der Waals surface area contributed by atoms with Gasteiger partial charge >= 0.3 is 6.18 Å². The summed E-state index contributed by atoms with van der Waals surface area (Å²) in [5.41, 5.74) is 1.56. The van der Waals surface area contributed by atoms with Gasteiger partial charge in [0.25, 0.3) is 0 Å². The molecule has 0 unspecified atom stereocenters. The fourth-order valence-corrected chi connectivity index (χ4v) is 3.59. The monoisotopic (exact) mass is 411 g/mol. The van der Waals surface area contributed by atoms with Crippen molar-refractivity contribution in [1.82, 2.24) is 9.88 Å². The van der Waals surface area contributed by atoms with Crippen LogP contribution < -0.4 is 4.90 Å². The summed E-state index contributed by atoms with van der Waals surface area (Å²) < 4.78 is 38.8. The number of nitrogens with zero attached hydrogens (tertiary/aromatic N) is 3. The standard InChI is InChI=1S/C23H20F3N3O/c24-23(25,26)19-7-2-8-20(16-19)28-12-14-29(15-13-28)21(30)10-9-18-5-1-4-17-6-3-11-27-22(17)18/h1-11,16H,12-15H2/b10-9+. The maximum atomic E-state index is 12.9. The highest BCUT2D eigenvalue weighted by atomic mass is 19.4. The van der Waals surface area contributed by atoms with E-state index in [-0.39, 0.29) is 5.91 Å². The Kier molecular flexibility index (Phi) is 5.44. The van der Waals surface area contributed by atoms with Crippen LogP contribution in [-0.4, -0.2) is 42.0 Å². The minimum atomic E-state index is -4.37. The number of piperazine rings is 1. The lowest BCUT2D eigenvalue weighted by Gasteiger charge is -2.35. The minimum absolute atomic E-state index is 0.119. The number of carbonyl (C=O) groups excluding carboxylic acids is 1.